The van der Waals surface area contributed by atoms with Crippen LogP contribution in [0.25, 0.3) is 0 Å². The molecule has 0 radical (unpaired) electrons. The van der Waals surface area contributed by atoms with Crippen LogP contribution in [-0.2, 0) is 14.3 Å². The lowest BCUT2D eigenvalue weighted by Gasteiger charge is -2.27. The molecule has 0 aliphatic heterocycles. The third kappa shape index (κ3) is 2.35. The molecule has 1 aliphatic carbocycles. The maximum atomic E-state index is 11.1. The molecule has 2 atom stereocenters. The minimum absolute atomic E-state index is 0.229. The number of hydrogen-bond donors (Lipinski definition) is 0. The van der Waals surface area contributed by atoms with Crippen molar-refractivity contribution in [2.45, 2.75) is 44.3 Å². The lowest BCUT2D eigenvalue weighted by molar-refractivity contribution is -0.154. The Balaban J connectivity index is 2.59. The van der Waals surface area contributed by atoms with E-state index in [1.165, 1.54) is 6.08 Å². The van der Waals surface area contributed by atoms with Crippen LogP contribution >= 0.6 is 0 Å². The summed E-state index contributed by atoms with van der Waals surface area (Å²) >= 11 is 0. The van der Waals surface area contributed by atoms with Crippen molar-refractivity contribution in [2.24, 2.45) is 0 Å². The summed E-state index contributed by atoms with van der Waals surface area (Å²) in [7, 11) is 1.70. The largest absolute Gasteiger partial charge is 0.456 e. The third-order valence-electron chi connectivity index (χ3n) is 2.98. The number of esters is 1. The predicted molar refractivity (Wildman–Crippen MR) is 54.0 cm³/mol. The van der Waals surface area contributed by atoms with Crippen molar-refractivity contribution in [1.29, 1.82) is 0 Å². The molecule has 0 heterocycles. The van der Waals surface area contributed by atoms with Crippen LogP contribution in [0.4, 0.5) is 0 Å². The Morgan fingerprint density at radius 2 is 2.43 bits per heavy atom. The zero-order chi connectivity index (χ0) is 10.6. The van der Waals surface area contributed by atoms with E-state index < -0.39 is 0 Å². The molecular weight excluding hydrogens is 180 g/mol. The Labute approximate surface area is 85.1 Å². The van der Waals surface area contributed by atoms with Gasteiger partial charge in [-0.3, -0.25) is 0 Å². The molecule has 1 saturated carbocycles. The van der Waals surface area contributed by atoms with Gasteiger partial charge in [-0.25, -0.2) is 4.79 Å². The van der Waals surface area contributed by atoms with Crippen LogP contribution in [0.2, 0.25) is 0 Å². The lowest BCUT2D eigenvalue weighted by Crippen LogP contribution is -2.31. The van der Waals surface area contributed by atoms with E-state index in [1.54, 1.807) is 7.11 Å². The van der Waals surface area contributed by atoms with Gasteiger partial charge >= 0.3 is 5.97 Å². The summed E-state index contributed by atoms with van der Waals surface area (Å²) < 4.78 is 10.7. The molecule has 0 aromatic rings. The molecule has 0 aromatic carbocycles. The second-order valence-electron chi connectivity index (χ2n) is 3.76. The van der Waals surface area contributed by atoms with Crippen molar-refractivity contribution in [3.63, 3.8) is 0 Å². The summed E-state index contributed by atoms with van der Waals surface area (Å²) in [5.41, 5.74) is -0.314. The molecule has 80 valence electrons. The molecule has 3 heteroatoms. The monoisotopic (exact) mass is 198 g/mol. The Hall–Kier alpha value is -0.830. The molecule has 3 nitrogen and oxygen atoms in total. The van der Waals surface area contributed by atoms with Crippen molar-refractivity contribution in [3.8, 4) is 0 Å². The Kier molecular flexibility index (Phi) is 3.69. The number of carbonyl (C=O) groups is 1. The normalized spacial score (nSPS) is 31.4. The smallest absolute Gasteiger partial charge is 0.330 e. The summed E-state index contributed by atoms with van der Waals surface area (Å²) in [5.74, 6) is -0.330. The molecule has 0 saturated heterocycles. The fraction of sp³-hybridized carbons (Fsp3) is 0.727. The van der Waals surface area contributed by atoms with Gasteiger partial charge in [0.05, 0.1) is 6.10 Å². The summed E-state index contributed by atoms with van der Waals surface area (Å²) in [5, 5.41) is 0. The maximum Gasteiger partial charge on any atom is 0.330 e. The number of carbonyl (C=O) groups excluding carboxylic acids is 1. The highest BCUT2D eigenvalue weighted by Crippen LogP contribution is 2.37. The zero-order valence-electron chi connectivity index (χ0n) is 8.91. The van der Waals surface area contributed by atoms with Gasteiger partial charge < -0.3 is 9.47 Å². The second kappa shape index (κ2) is 4.60. The van der Waals surface area contributed by atoms with Crippen molar-refractivity contribution in [3.05, 3.63) is 12.7 Å². The Morgan fingerprint density at radius 3 is 2.86 bits per heavy atom. The van der Waals surface area contributed by atoms with Crippen LogP contribution in [0, 0.1) is 0 Å². The second-order valence-corrected chi connectivity index (χ2v) is 3.76. The van der Waals surface area contributed by atoms with E-state index in [0.717, 1.165) is 25.7 Å². The van der Waals surface area contributed by atoms with Crippen molar-refractivity contribution in [1.82, 2.24) is 0 Å². The van der Waals surface area contributed by atoms with Gasteiger partial charge in [-0.1, -0.05) is 13.5 Å². The highest BCUT2D eigenvalue weighted by Gasteiger charge is 2.40. The number of rotatable bonds is 4. The van der Waals surface area contributed by atoms with Crippen molar-refractivity contribution >= 4 is 5.97 Å². The summed E-state index contributed by atoms with van der Waals surface area (Å²) in [4.78, 5) is 11.1. The molecule has 1 fully saturated rings. The lowest BCUT2D eigenvalue weighted by atomic mass is 9.98. The van der Waals surface area contributed by atoms with Gasteiger partial charge in [0.1, 0.15) is 5.60 Å². The maximum absolute atomic E-state index is 11.1. The molecular formula is C11H18O3. The van der Waals surface area contributed by atoms with Crippen molar-refractivity contribution in [2.75, 3.05) is 7.11 Å². The fourth-order valence-electron chi connectivity index (χ4n) is 1.99. The third-order valence-corrected chi connectivity index (χ3v) is 2.98. The van der Waals surface area contributed by atoms with Crippen LogP contribution < -0.4 is 0 Å². The molecule has 1 aliphatic rings. The Bertz CT molecular complexity index is 225. The molecule has 14 heavy (non-hydrogen) atoms. The van der Waals surface area contributed by atoms with Gasteiger partial charge in [0, 0.05) is 19.6 Å². The SMILES string of the molecule is C=CC(=O)OC1(CC)CCC(OC)C1. The van der Waals surface area contributed by atoms with E-state index in [1.807, 2.05) is 6.92 Å². The van der Waals surface area contributed by atoms with Gasteiger partial charge in [-0.2, -0.15) is 0 Å². The van der Waals surface area contributed by atoms with E-state index in [0.29, 0.717) is 0 Å². The van der Waals surface area contributed by atoms with E-state index in [9.17, 15) is 4.79 Å². The molecule has 0 amide bonds. The van der Waals surface area contributed by atoms with E-state index in [4.69, 9.17) is 9.47 Å². The minimum Gasteiger partial charge on any atom is -0.456 e. The number of methoxy groups -OCH3 is 1. The van der Waals surface area contributed by atoms with Gasteiger partial charge in [-0.15, -0.1) is 0 Å². The standard InChI is InChI=1S/C11H18O3/c1-4-10(12)14-11(5-2)7-6-9(8-11)13-3/h4,9H,1,5-8H2,2-3H3. The van der Waals surface area contributed by atoms with Gasteiger partial charge in [0.25, 0.3) is 0 Å². The summed E-state index contributed by atoms with van der Waals surface area (Å²) in [6.45, 7) is 5.44. The van der Waals surface area contributed by atoms with Crippen LogP contribution in [0.5, 0.6) is 0 Å². The minimum atomic E-state index is -0.330. The quantitative estimate of drug-likeness (QED) is 0.512. The highest BCUT2D eigenvalue weighted by molar-refractivity contribution is 5.81. The summed E-state index contributed by atoms with van der Waals surface area (Å²) in [6.07, 6.45) is 4.95. The van der Waals surface area contributed by atoms with E-state index in [-0.39, 0.29) is 17.7 Å². The number of ether oxygens (including phenoxy) is 2. The van der Waals surface area contributed by atoms with Crippen molar-refractivity contribution < 1.29 is 14.3 Å². The van der Waals surface area contributed by atoms with Gasteiger partial charge in [0.15, 0.2) is 0 Å². The van der Waals surface area contributed by atoms with Gasteiger partial charge in [-0.05, 0) is 19.3 Å². The fourth-order valence-corrected chi connectivity index (χ4v) is 1.99. The molecule has 0 spiro atoms. The molecule has 0 bridgehead atoms. The number of hydrogen-bond acceptors (Lipinski definition) is 3. The van der Waals surface area contributed by atoms with E-state index >= 15 is 0 Å². The van der Waals surface area contributed by atoms with Crippen LogP contribution in [0.15, 0.2) is 12.7 Å². The first-order valence-electron chi connectivity index (χ1n) is 5.04. The molecule has 0 N–H and O–H groups in total. The molecule has 2 unspecified atom stereocenters. The topological polar surface area (TPSA) is 35.5 Å². The first-order chi connectivity index (χ1) is 6.65. The molecule has 0 aromatic heterocycles. The molecule has 1 rings (SSSR count). The first-order valence-corrected chi connectivity index (χ1v) is 5.04. The Morgan fingerprint density at radius 1 is 1.71 bits per heavy atom. The van der Waals surface area contributed by atoms with Gasteiger partial charge in [0.2, 0.25) is 0 Å². The predicted octanol–water partition coefficient (Wildman–Crippen LogP) is 2.06. The van der Waals surface area contributed by atoms with Crippen LogP contribution in [0.3, 0.4) is 0 Å². The van der Waals surface area contributed by atoms with Crippen LogP contribution in [-0.4, -0.2) is 24.8 Å². The first kappa shape index (κ1) is 11.2. The average molecular weight is 198 g/mol. The average Bonchev–Trinajstić information content (AvgIpc) is 2.62. The van der Waals surface area contributed by atoms with E-state index in [2.05, 4.69) is 6.58 Å². The summed E-state index contributed by atoms with van der Waals surface area (Å²) in [6, 6.07) is 0. The zero-order valence-corrected chi connectivity index (χ0v) is 8.91. The van der Waals surface area contributed by atoms with Crippen LogP contribution in [0.1, 0.15) is 32.6 Å². The highest BCUT2D eigenvalue weighted by atomic mass is 16.6.